The van der Waals surface area contributed by atoms with E-state index in [2.05, 4.69) is 35.6 Å². The predicted molar refractivity (Wildman–Crippen MR) is 101 cm³/mol. The third-order valence-corrected chi connectivity index (χ3v) is 6.70. The van der Waals surface area contributed by atoms with Gasteiger partial charge in [0, 0.05) is 8.33 Å². The molecule has 0 amide bonds. The lowest BCUT2D eigenvalue weighted by Crippen LogP contribution is -2.26. The van der Waals surface area contributed by atoms with Crippen LogP contribution < -0.4 is 0 Å². The number of halogens is 2. The summed E-state index contributed by atoms with van der Waals surface area (Å²) in [6.07, 6.45) is 10.5. The normalized spacial score (nSPS) is 26.0. The largest absolute Gasteiger partial charge is 0.481 e. The molecule has 0 spiro atoms. The number of hydrogen-bond donors (Lipinski definition) is 1. The molecule has 0 aliphatic carbocycles. The summed E-state index contributed by atoms with van der Waals surface area (Å²) in [5.41, 5.74) is -1.24. The van der Waals surface area contributed by atoms with Gasteiger partial charge >= 0.3 is 5.97 Å². The number of carboxylic acids is 1. The lowest BCUT2D eigenvalue weighted by Gasteiger charge is -2.30. The molecule has 0 saturated heterocycles. The topological polar surface area (TPSA) is 37.3 Å². The molecule has 2 nitrogen and oxygen atoms in total. The molecule has 128 valence electrons. The molecule has 0 aromatic heterocycles. The van der Waals surface area contributed by atoms with Crippen molar-refractivity contribution >= 4 is 40.3 Å². The van der Waals surface area contributed by atoms with E-state index in [1.807, 2.05) is 6.92 Å². The van der Waals surface area contributed by atoms with E-state index in [1.165, 1.54) is 24.6 Å². The number of carbonyl (C=O) groups is 1. The van der Waals surface area contributed by atoms with Gasteiger partial charge in [0.2, 0.25) is 0 Å². The summed E-state index contributed by atoms with van der Waals surface area (Å²) in [5.74, 6) is -1.01. The average Bonchev–Trinajstić information content (AvgIpc) is 2.74. The number of unbranched alkanes of at least 4 members (excludes halogenated alkanes) is 3. The molecule has 1 N–H and O–H groups in total. The summed E-state index contributed by atoms with van der Waals surface area (Å²) in [4.78, 5) is 11.1. The molecule has 1 aliphatic heterocycles. The third kappa shape index (κ3) is 6.02. The summed E-state index contributed by atoms with van der Waals surface area (Å²) in [5, 5.41) is 9.13. The van der Waals surface area contributed by atoms with Crippen LogP contribution in [-0.4, -0.2) is 16.6 Å². The third-order valence-electron chi connectivity index (χ3n) is 4.60. The van der Waals surface area contributed by atoms with Gasteiger partial charge in [0.05, 0.1) is 5.92 Å². The summed E-state index contributed by atoms with van der Waals surface area (Å²) in [7, 11) is 0. The van der Waals surface area contributed by atoms with Gasteiger partial charge in [0.15, 0.2) is 5.50 Å². The molecular formula is C17H28FIO2S. The monoisotopic (exact) mass is 442 g/mol. The Morgan fingerprint density at radius 3 is 2.55 bits per heavy atom. The minimum atomic E-state index is -0.870. The lowest BCUT2D eigenvalue weighted by atomic mass is 9.78. The van der Waals surface area contributed by atoms with E-state index >= 15 is 0 Å². The van der Waals surface area contributed by atoms with Crippen molar-refractivity contribution < 1.29 is 14.3 Å². The van der Waals surface area contributed by atoms with Crippen LogP contribution in [0.25, 0.3) is 0 Å². The number of rotatable bonds is 11. The Balaban J connectivity index is 2.58. The molecule has 3 unspecified atom stereocenters. The Hall–Kier alpha value is 0.220. The van der Waals surface area contributed by atoms with Crippen LogP contribution in [0.2, 0.25) is 0 Å². The van der Waals surface area contributed by atoms with Gasteiger partial charge in [-0.15, -0.1) is 0 Å². The smallest absolute Gasteiger partial charge is 0.306 e. The van der Waals surface area contributed by atoms with Gasteiger partial charge in [0.25, 0.3) is 0 Å². The van der Waals surface area contributed by atoms with E-state index in [1.54, 1.807) is 0 Å². The van der Waals surface area contributed by atoms with E-state index in [0.717, 1.165) is 35.0 Å². The van der Waals surface area contributed by atoms with Gasteiger partial charge in [0.1, 0.15) is 0 Å². The first kappa shape index (κ1) is 20.3. The molecule has 0 fully saturated rings. The number of hydrogen-bond acceptors (Lipinski definition) is 2. The number of alkyl halides is 1. The SMILES string of the molecule is CCCCCCC1(CCCC(CC)C(=O)O)C=C(I)SC1F. The van der Waals surface area contributed by atoms with Crippen LogP contribution in [0.3, 0.4) is 0 Å². The maximum Gasteiger partial charge on any atom is 0.306 e. The van der Waals surface area contributed by atoms with Crippen molar-refractivity contribution in [3.63, 3.8) is 0 Å². The van der Waals surface area contributed by atoms with Gasteiger partial charge in [-0.25, -0.2) is 4.39 Å². The predicted octanol–water partition coefficient (Wildman–Crippen LogP) is 6.54. The van der Waals surface area contributed by atoms with E-state index in [4.69, 9.17) is 5.11 Å². The number of carboxylic acid groups (broad SMARTS) is 1. The number of aliphatic carboxylic acids is 1. The first-order chi connectivity index (χ1) is 10.4. The summed E-state index contributed by atoms with van der Waals surface area (Å²) in [6.45, 7) is 4.09. The van der Waals surface area contributed by atoms with E-state index in [9.17, 15) is 9.18 Å². The van der Waals surface area contributed by atoms with Crippen LogP contribution in [0.15, 0.2) is 8.99 Å². The molecular weight excluding hydrogens is 414 g/mol. The minimum Gasteiger partial charge on any atom is -0.481 e. The molecule has 1 aliphatic rings. The fraction of sp³-hybridized carbons (Fsp3) is 0.824. The highest BCUT2D eigenvalue weighted by Crippen LogP contribution is 2.53. The van der Waals surface area contributed by atoms with Crippen molar-refractivity contribution in [1.29, 1.82) is 0 Å². The van der Waals surface area contributed by atoms with E-state index in [0.29, 0.717) is 12.8 Å². The second-order valence-electron chi connectivity index (χ2n) is 6.26. The van der Waals surface area contributed by atoms with Crippen molar-refractivity contribution in [3.05, 3.63) is 8.99 Å². The highest BCUT2D eigenvalue weighted by Gasteiger charge is 2.42. The van der Waals surface area contributed by atoms with Crippen molar-refractivity contribution in [2.75, 3.05) is 0 Å². The lowest BCUT2D eigenvalue weighted by molar-refractivity contribution is -0.142. The van der Waals surface area contributed by atoms with Crippen molar-refractivity contribution in [2.24, 2.45) is 11.3 Å². The second kappa shape index (κ2) is 10.2. The van der Waals surface area contributed by atoms with Crippen molar-refractivity contribution in [3.8, 4) is 0 Å². The van der Waals surface area contributed by atoms with Crippen LogP contribution in [0.1, 0.15) is 71.6 Å². The Kier molecular flexibility index (Phi) is 9.36. The molecule has 1 heterocycles. The summed E-state index contributed by atoms with van der Waals surface area (Å²) < 4.78 is 15.6. The van der Waals surface area contributed by atoms with Gasteiger partial charge in [-0.2, -0.15) is 0 Å². The molecule has 22 heavy (non-hydrogen) atoms. The molecule has 3 atom stereocenters. The van der Waals surface area contributed by atoms with Crippen molar-refractivity contribution in [2.45, 2.75) is 77.1 Å². The van der Waals surface area contributed by atoms with Crippen LogP contribution in [0.4, 0.5) is 4.39 Å². The van der Waals surface area contributed by atoms with Gasteiger partial charge in [-0.05, 0) is 48.3 Å². The number of thioether (sulfide) groups is 1. The van der Waals surface area contributed by atoms with Crippen LogP contribution in [0.5, 0.6) is 0 Å². The molecule has 0 aromatic carbocycles. The van der Waals surface area contributed by atoms with Crippen molar-refractivity contribution in [1.82, 2.24) is 0 Å². The highest BCUT2D eigenvalue weighted by molar-refractivity contribution is 14.1. The Labute approximate surface area is 151 Å². The standard InChI is InChI=1S/C17H28FIO2S/c1-3-5-6-7-10-17(12-14(19)22-16(17)18)11-8-9-13(4-2)15(20)21/h12-13,16H,3-11H2,1-2H3,(H,20,21). The Bertz CT molecular complexity index is 389. The van der Waals surface area contributed by atoms with Gasteiger partial charge in [-0.1, -0.05) is 63.8 Å². The highest BCUT2D eigenvalue weighted by atomic mass is 127. The van der Waals surface area contributed by atoms with Gasteiger partial charge < -0.3 is 5.11 Å². The summed E-state index contributed by atoms with van der Waals surface area (Å²) in [6, 6.07) is 0. The fourth-order valence-electron chi connectivity index (χ4n) is 3.10. The molecule has 0 saturated carbocycles. The molecule has 0 radical (unpaired) electrons. The molecule has 1 rings (SSSR count). The zero-order valence-corrected chi connectivity index (χ0v) is 16.6. The van der Waals surface area contributed by atoms with Crippen LogP contribution in [-0.2, 0) is 4.79 Å². The van der Waals surface area contributed by atoms with E-state index < -0.39 is 11.5 Å². The van der Waals surface area contributed by atoms with Crippen LogP contribution in [0, 0.1) is 11.3 Å². The van der Waals surface area contributed by atoms with Crippen LogP contribution >= 0.6 is 34.4 Å². The Morgan fingerprint density at radius 1 is 1.36 bits per heavy atom. The summed E-state index contributed by atoms with van der Waals surface area (Å²) >= 11 is 3.54. The maximum absolute atomic E-state index is 14.6. The average molecular weight is 442 g/mol. The zero-order valence-electron chi connectivity index (χ0n) is 13.6. The second-order valence-corrected chi connectivity index (χ2v) is 9.25. The first-order valence-corrected chi connectivity index (χ1v) is 10.3. The first-order valence-electron chi connectivity index (χ1n) is 8.37. The molecule has 5 heteroatoms. The Morgan fingerprint density at radius 2 is 2.05 bits per heavy atom. The van der Waals surface area contributed by atoms with Gasteiger partial charge in [-0.3, -0.25) is 4.79 Å². The molecule has 0 bridgehead atoms. The maximum atomic E-state index is 14.6. The minimum absolute atomic E-state index is 0.285. The fourth-order valence-corrected chi connectivity index (χ4v) is 5.43. The number of allylic oxidation sites excluding steroid dienone is 1. The molecule has 0 aromatic rings. The zero-order chi connectivity index (χ0) is 16.6. The quantitative estimate of drug-likeness (QED) is 0.292. The van der Waals surface area contributed by atoms with E-state index in [-0.39, 0.29) is 11.3 Å².